The number of likely N-dealkylation sites (tertiary alicyclic amines) is 2. The van der Waals surface area contributed by atoms with Crippen molar-refractivity contribution in [2.45, 2.75) is 57.7 Å². The largest absolute Gasteiger partial charge is 0.614 e. The summed E-state index contributed by atoms with van der Waals surface area (Å²) in [5.41, 5.74) is 12.0. The zero-order chi connectivity index (χ0) is 31.8. The van der Waals surface area contributed by atoms with Crippen molar-refractivity contribution in [3.8, 4) is 0 Å². The molecule has 1 N–H and O–H groups in total. The Morgan fingerprint density at radius 1 is 0.911 bits per heavy atom. The Balaban J connectivity index is 1.14. The first-order chi connectivity index (χ1) is 21.7. The van der Waals surface area contributed by atoms with E-state index in [1.54, 1.807) is 33.5 Å². The van der Waals surface area contributed by atoms with Gasteiger partial charge in [-0.15, -0.1) is 0 Å². The van der Waals surface area contributed by atoms with E-state index < -0.39 is 11.9 Å². The van der Waals surface area contributed by atoms with Gasteiger partial charge < -0.3 is 15.5 Å². The quantitative estimate of drug-likeness (QED) is 0.262. The zero-order valence-electron chi connectivity index (χ0n) is 25.3. The van der Waals surface area contributed by atoms with Crippen molar-refractivity contribution in [2.75, 3.05) is 26.2 Å². The Morgan fingerprint density at radius 2 is 1.62 bits per heavy atom. The lowest BCUT2D eigenvalue weighted by molar-refractivity contribution is -0.384. The first-order valence-electron chi connectivity index (χ1n) is 15.4. The minimum Gasteiger partial charge on any atom is -0.614 e. The van der Waals surface area contributed by atoms with Crippen molar-refractivity contribution >= 4 is 46.0 Å². The molecule has 12 heteroatoms. The number of amides is 1. The van der Waals surface area contributed by atoms with Crippen LogP contribution < -0.4 is 10.8 Å². The number of hydrogen-bond donors (Lipinski definition) is 1. The Hall–Kier alpha value is -3.60. The number of rotatable bonds is 7. The predicted octanol–water partition coefficient (Wildman–Crippen LogP) is 5.62. The summed E-state index contributed by atoms with van der Waals surface area (Å²) in [7, 11) is 0. The highest BCUT2D eigenvalue weighted by Gasteiger charge is 2.34. The topological polar surface area (TPSA) is 99.6 Å². The number of fused-ring (bicyclic) bond motifs is 1. The molecule has 0 spiro atoms. The molecular weight excluding hydrogens is 616 g/mol. The standard InChI is InChI=1S/C33H36Cl2FN7O2/c1-20(24-7-12-38-31(18-24)39-37)40-13-8-22(9-14-40)32(44)41-15-10-26(11-16-41)43-29-6-4-25(36)19-30(29)42(33(43)45)21(2)23-3-5-27(34)28(35)17-23/h3-7,12,17-22,26,39H,8-11,13-16H2,1-2H3. The van der Waals surface area contributed by atoms with Crippen LogP contribution in [0, 0.1) is 11.7 Å². The lowest BCUT2D eigenvalue weighted by Crippen LogP contribution is -2.55. The number of nitrogens with one attached hydrogen (secondary N) is 1. The first kappa shape index (κ1) is 31.4. The summed E-state index contributed by atoms with van der Waals surface area (Å²) in [4.78, 5) is 35.9. The summed E-state index contributed by atoms with van der Waals surface area (Å²) in [5, 5.41) is 2.92. The first-order valence-corrected chi connectivity index (χ1v) is 16.2. The van der Waals surface area contributed by atoms with Gasteiger partial charge in [-0.25, -0.2) is 9.18 Å². The van der Waals surface area contributed by atoms with E-state index in [9.17, 15) is 19.5 Å². The summed E-state index contributed by atoms with van der Waals surface area (Å²) in [6.07, 6.45) is 4.52. The van der Waals surface area contributed by atoms with Gasteiger partial charge >= 0.3 is 11.5 Å². The van der Waals surface area contributed by atoms with Gasteiger partial charge in [0.15, 0.2) is 0 Å². The minimum absolute atomic E-state index is 0.0308. The fourth-order valence-corrected chi connectivity index (χ4v) is 7.29. The van der Waals surface area contributed by atoms with Crippen LogP contribution in [0.15, 0.2) is 59.5 Å². The number of piperidine rings is 2. The number of aromatic nitrogens is 3. The van der Waals surface area contributed by atoms with E-state index in [-0.39, 0.29) is 29.6 Å². The van der Waals surface area contributed by atoms with E-state index >= 15 is 0 Å². The van der Waals surface area contributed by atoms with E-state index in [1.165, 1.54) is 12.1 Å². The van der Waals surface area contributed by atoms with Crippen LogP contribution in [0.4, 0.5) is 10.2 Å². The third-order valence-electron chi connectivity index (χ3n) is 9.63. The monoisotopic (exact) mass is 651 g/mol. The lowest BCUT2D eigenvalue weighted by Gasteiger charge is -2.39. The van der Waals surface area contributed by atoms with Crippen LogP contribution in [-0.2, 0) is 4.79 Å². The molecule has 0 saturated carbocycles. The molecule has 236 valence electrons. The molecule has 2 saturated heterocycles. The molecular formula is C33H36Cl2FN7O2. The van der Waals surface area contributed by atoms with Crippen molar-refractivity contribution < 1.29 is 14.3 Å². The van der Waals surface area contributed by atoms with Gasteiger partial charge in [0.1, 0.15) is 12.0 Å². The van der Waals surface area contributed by atoms with Crippen molar-refractivity contribution in [3.63, 3.8) is 0 Å². The number of carbonyl (C=O) groups is 1. The summed E-state index contributed by atoms with van der Waals surface area (Å²) < 4.78 is 17.9. The molecule has 2 aromatic heterocycles. The van der Waals surface area contributed by atoms with Gasteiger partial charge in [-0.05, 0) is 100 Å². The Labute approximate surface area is 271 Å². The highest BCUT2D eigenvalue weighted by molar-refractivity contribution is 6.42. The Morgan fingerprint density at radius 3 is 2.31 bits per heavy atom. The van der Waals surface area contributed by atoms with Crippen LogP contribution in [0.2, 0.25) is 10.0 Å². The van der Waals surface area contributed by atoms with Crippen molar-refractivity contribution in [2.24, 2.45) is 5.92 Å². The molecule has 4 heterocycles. The van der Waals surface area contributed by atoms with E-state index in [1.807, 2.05) is 30.0 Å². The van der Waals surface area contributed by atoms with E-state index in [2.05, 4.69) is 21.9 Å². The zero-order valence-corrected chi connectivity index (χ0v) is 26.8. The lowest BCUT2D eigenvalue weighted by atomic mass is 9.92. The molecule has 6 rings (SSSR count). The third kappa shape index (κ3) is 6.15. The number of hydrogen-bond acceptors (Lipinski definition) is 4. The SMILES string of the molecule is CC(c1ccnc([NH+]=[N-])c1)N1CCC(C(=O)N2CCC(n3c(=O)n(C(C)c4ccc(Cl)c(Cl)c4)c4cc(F)ccc43)CC2)CC1. The molecule has 1 amide bonds. The van der Waals surface area contributed by atoms with Crippen LogP contribution in [0.1, 0.15) is 68.8 Å². The molecule has 45 heavy (non-hydrogen) atoms. The molecule has 0 aliphatic carbocycles. The summed E-state index contributed by atoms with van der Waals surface area (Å²) in [5.74, 6) is 0.148. The maximum absolute atomic E-state index is 14.5. The van der Waals surface area contributed by atoms with Crippen LogP contribution in [0.25, 0.3) is 16.6 Å². The van der Waals surface area contributed by atoms with Gasteiger partial charge in [-0.3, -0.25) is 18.8 Å². The van der Waals surface area contributed by atoms with Crippen molar-refractivity contribution in [1.82, 2.24) is 23.9 Å². The molecule has 9 nitrogen and oxygen atoms in total. The van der Waals surface area contributed by atoms with Gasteiger partial charge in [0, 0.05) is 37.2 Å². The molecule has 2 unspecified atom stereocenters. The van der Waals surface area contributed by atoms with Crippen LogP contribution >= 0.6 is 23.2 Å². The molecule has 0 radical (unpaired) electrons. The molecule has 2 aromatic carbocycles. The van der Waals surface area contributed by atoms with E-state index in [0.717, 1.165) is 37.1 Å². The summed E-state index contributed by atoms with van der Waals surface area (Å²) in [6.45, 7) is 6.76. The number of benzene rings is 2. The number of pyridine rings is 1. The summed E-state index contributed by atoms with van der Waals surface area (Å²) in [6, 6.07) is 13.1. The number of carbonyl (C=O) groups excluding carboxylic acids is 1. The van der Waals surface area contributed by atoms with E-state index in [4.69, 9.17) is 23.2 Å². The highest BCUT2D eigenvalue weighted by atomic mass is 35.5. The Kier molecular flexibility index (Phi) is 9.08. The van der Waals surface area contributed by atoms with Gasteiger partial charge in [0.25, 0.3) is 0 Å². The second kappa shape index (κ2) is 13.0. The second-order valence-electron chi connectivity index (χ2n) is 12.1. The van der Waals surface area contributed by atoms with Gasteiger partial charge in [0.05, 0.1) is 27.1 Å². The normalized spacial score (nSPS) is 18.3. The molecule has 2 aliphatic rings. The highest BCUT2D eigenvalue weighted by Crippen LogP contribution is 2.33. The maximum atomic E-state index is 14.5. The molecule has 0 bridgehead atoms. The van der Waals surface area contributed by atoms with E-state index in [0.29, 0.717) is 52.8 Å². The Bertz CT molecular complexity index is 1790. The third-order valence-corrected chi connectivity index (χ3v) is 10.4. The number of halogens is 3. The van der Waals surface area contributed by atoms with Crippen LogP contribution in [0.3, 0.4) is 0 Å². The number of imidazole rings is 1. The minimum atomic E-state index is -0.414. The summed E-state index contributed by atoms with van der Waals surface area (Å²) >= 11 is 12.4. The van der Waals surface area contributed by atoms with Crippen LogP contribution in [-0.4, -0.2) is 56.0 Å². The van der Waals surface area contributed by atoms with Crippen molar-refractivity contribution in [3.05, 3.63) is 97.7 Å². The van der Waals surface area contributed by atoms with Crippen LogP contribution in [0.5, 0.6) is 0 Å². The van der Waals surface area contributed by atoms with Gasteiger partial charge in [-0.1, -0.05) is 34.3 Å². The predicted molar refractivity (Wildman–Crippen MR) is 172 cm³/mol. The molecule has 2 aliphatic heterocycles. The second-order valence-corrected chi connectivity index (χ2v) is 12.9. The maximum Gasteiger partial charge on any atom is 0.329 e. The molecule has 2 fully saturated rings. The fraction of sp³-hybridized carbons (Fsp3) is 0.424. The van der Waals surface area contributed by atoms with Gasteiger partial charge in [0.2, 0.25) is 5.91 Å². The molecule has 2 atom stereocenters. The van der Waals surface area contributed by atoms with Crippen molar-refractivity contribution in [1.29, 1.82) is 0 Å². The average Bonchev–Trinajstić information content (AvgIpc) is 3.35. The number of nitrogens with zero attached hydrogens (tertiary/aromatic N) is 6. The average molecular weight is 653 g/mol. The smallest absolute Gasteiger partial charge is 0.329 e. The van der Waals surface area contributed by atoms with Gasteiger partial charge in [-0.2, -0.15) is 0 Å². The fourth-order valence-electron chi connectivity index (χ4n) is 6.98. The molecule has 4 aromatic rings.